The number of rotatable bonds is 7. The highest BCUT2D eigenvalue weighted by atomic mass is 16.2. The summed E-state index contributed by atoms with van der Waals surface area (Å²) in [5.74, 6) is 0.163. The summed E-state index contributed by atoms with van der Waals surface area (Å²) < 4.78 is 0. The lowest BCUT2D eigenvalue weighted by atomic mass is 10.3. The molecule has 18 heavy (non-hydrogen) atoms. The van der Waals surface area contributed by atoms with E-state index >= 15 is 0 Å². The van der Waals surface area contributed by atoms with Gasteiger partial charge in [0, 0.05) is 32.7 Å². The quantitative estimate of drug-likeness (QED) is 0.623. The molecular weight excluding hydrogens is 228 g/mol. The third-order valence-corrected chi connectivity index (χ3v) is 3.35. The van der Waals surface area contributed by atoms with E-state index in [9.17, 15) is 4.79 Å². The second-order valence-corrected chi connectivity index (χ2v) is 4.96. The second kappa shape index (κ2) is 9.30. The molecule has 0 atom stereocenters. The Morgan fingerprint density at radius 1 is 1.22 bits per heavy atom. The Labute approximate surface area is 111 Å². The summed E-state index contributed by atoms with van der Waals surface area (Å²) in [7, 11) is 0. The molecule has 0 bridgehead atoms. The number of hydrogen-bond acceptors (Lipinski definition) is 4. The van der Waals surface area contributed by atoms with Crippen LogP contribution in [0.4, 0.5) is 0 Å². The topological polar surface area (TPSA) is 61.6 Å². The van der Waals surface area contributed by atoms with Gasteiger partial charge in [0.1, 0.15) is 0 Å². The van der Waals surface area contributed by atoms with E-state index in [-0.39, 0.29) is 5.91 Å². The lowest BCUT2D eigenvalue weighted by Gasteiger charge is -2.20. The Morgan fingerprint density at radius 2 is 1.94 bits per heavy atom. The minimum Gasteiger partial charge on any atom is -0.355 e. The number of unbranched alkanes of at least 4 members (excludes halogenated alkanes) is 1. The van der Waals surface area contributed by atoms with Crippen LogP contribution in [0.3, 0.4) is 0 Å². The van der Waals surface area contributed by atoms with Crippen LogP contribution in [0.5, 0.6) is 0 Å². The number of carbonyl (C=O) groups is 1. The van der Waals surface area contributed by atoms with Crippen LogP contribution in [-0.2, 0) is 4.79 Å². The van der Waals surface area contributed by atoms with Crippen molar-refractivity contribution in [1.29, 1.82) is 0 Å². The first-order chi connectivity index (χ1) is 8.76. The number of hydrogen-bond donors (Lipinski definition) is 2. The van der Waals surface area contributed by atoms with Crippen molar-refractivity contribution in [2.24, 2.45) is 5.73 Å². The lowest BCUT2D eigenvalue weighted by molar-refractivity contribution is -0.122. The minimum absolute atomic E-state index is 0.163. The summed E-state index contributed by atoms with van der Waals surface area (Å²) in [6, 6.07) is 0. The third kappa shape index (κ3) is 6.33. The normalized spacial score (nSPS) is 18.6. The first kappa shape index (κ1) is 15.4. The summed E-state index contributed by atoms with van der Waals surface area (Å²) in [5.41, 5.74) is 5.57. The van der Waals surface area contributed by atoms with E-state index in [1.165, 1.54) is 0 Å². The molecule has 0 unspecified atom stereocenters. The summed E-state index contributed by atoms with van der Waals surface area (Å²) in [5, 5.41) is 2.97. The van der Waals surface area contributed by atoms with Crippen molar-refractivity contribution >= 4 is 5.91 Å². The zero-order valence-corrected chi connectivity index (χ0v) is 11.7. The lowest BCUT2D eigenvalue weighted by Crippen LogP contribution is -2.40. The minimum atomic E-state index is 0.163. The fourth-order valence-corrected chi connectivity index (χ4v) is 2.25. The molecule has 0 spiro atoms. The van der Waals surface area contributed by atoms with Crippen LogP contribution in [0.1, 0.15) is 26.2 Å². The van der Waals surface area contributed by atoms with E-state index in [0.29, 0.717) is 6.54 Å². The Bertz CT molecular complexity index is 235. The maximum atomic E-state index is 11.7. The molecule has 0 aromatic heterocycles. The molecule has 3 N–H and O–H groups in total. The summed E-state index contributed by atoms with van der Waals surface area (Å²) in [6.07, 6.45) is 3.32. The second-order valence-electron chi connectivity index (χ2n) is 4.96. The summed E-state index contributed by atoms with van der Waals surface area (Å²) in [4.78, 5) is 16.4. The van der Waals surface area contributed by atoms with Gasteiger partial charge in [-0.2, -0.15) is 0 Å². The van der Waals surface area contributed by atoms with Crippen molar-refractivity contribution in [2.45, 2.75) is 26.2 Å². The number of nitrogens with zero attached hydrogens (tertiary/aromatic N) is 2. The molecule has 0 saturated carbocycles. The molecule has 1 amide bonds. The van der Waals surface area contributed by atoms with Crippen LogP contribution in [0.25, 0.3) is 0 Å². The van der Waals surface area contributed by atoms with E-state index in [1.54, 1.807) is 0 Å². The molecule has 1 aliphatic rings. The van der Waals surface area contributed by atoms with Crippen LogP contribution in [-0.4, -0.2) is 68.1 Å². The molecule has 0 aromatic rings. The van der Waals surface area contributed by atoms with Gasteiger partial charge in [-0.15, -0.1) is 0 Å². The number of nitrogens with two attached hydrogens (primary N) is 1. The van der Waals surface area contributed by atoms with Crippen molar-refractivity contribution in [1.82, 2.24) is 15.1 Å². The largest absolute Gasteiger partial charge is 0.355 e. The van der Waals surface area contributed by atoms with E-state index < -0.39 is 0 Å². The number of carbonyl (C=O) groups excluding carboxylic acids is 1. The fraction of sp³-hybridized carbons (Fsp3) is 0.923. The van der Waals surface area contributed by atoms with Crippen LogP contribution >= 0.6 is 0 Å². The van der Waals surface area contributed by atoms with Crippen LogP contribution in [0.2, 0.25) is 0 Å². The van der Waals surface area contributed by atoms with Crippen LogP contribution in [0.15, 0.2) is 0 Å². The molecule has 5 nitrogen and oxygen atoms in total. The molecule has 1 rings (SSSR count). The van der Waals surface area contributed by atoms with Gasteiger partial charge in [-0.3, -0.25) is 9.69 Å². The van der Waals surface area contributed by atoms with Crippen molar-refractivity contribution < 1.29 is 4.79 Å². The van der Waals surface area contributed by atoms with Gasteiger partial charge in [0.25, 0.3) is 0 Å². The number of amides is 1. The Kier molecular flexibility index (Phi) is 7.96. The van der Waals surface area contributed by atoms with E-state index in [1.807, 2.05) is 0 Å². The van der Waals surface area contributed by atoms with Crippen molar-refractivity contribution in [3.63, 3.8) is 0 Å². The van der Waals surface area contributed by atoms with E-state index in [0.717, 1.165) is 65.1 Å². The summed E-state index contributed by atoms with van der Waals surface area (Å²) in [6.45, 7) is 9.29. The van der Waals surface area contributed by atoms with Crippen molar-refractivity contribution in [3.8, 4) is 0 Å². The monoisotopic (exact) mass is 256 g/mol. The molecule has 5 heteroatoms. The Hall–Kier alpha value is -0.650. The average Bonchev–Trinajstić information content (AvgIpc) is 2.56. The summed E-state index contributed by atoms with van der Waals surface area (Å²) >= 11 is 0. The Balaban J connectivity index is 2.20. The molecular formula is C13H28N4O. The van der Waals surface area contributed by atoms with Crippen molar-refractivity contribution in [3.05, 3.63) is 0 Å². The molecule has 0 aromatic carbocycles. The van der Waals surface area contributed by atoms with Crippen LogP contribution < -0.4 is 11.1 Å². The molecule has 1 fully saturated rings. The number of nitrogens with one attached hydrogen (secondary N) is 1. The van der Waals surface area contributed by atoms with Gasteiger partial charge >= 0.3 is 0 Å². The van der Waals surface area contributed by atoms with Gasteiger partial charge in [-0.1, -0.05) is 13.3 Å². The predicted octanol–water partition coefficient (Wildman–Crippen LogP) is -0.131. The zero-order chi connectivity index (χ0) is 13.2. The smallest absolute Gasteiger partial charge is 0.234 e. The maximum absolute atomic E-state index is 11.7. The third-order valence-electron chi connectivity index (χ3n) is 3.35. The molecule has 0 aliphatic carbocycles. The van der Waals surface area contributed by atoms with Gasteiger partial charge in [0.05, 0.1) is 6.54 Å². The maximum Gasteiger partial charge on any atom is 0.234 e. The van der Waals surface area contributed by atoms with E-state index in [2.05, 4.69) is 22.0 Å². The Morgan fingerprint density at radius 3 is 2.67 bits per heavy atom. The van der Waals surface area contributed by atoms with Gasteiger partial charge in [-0.05, 0) is 25.9 Å². The molecule has 0 radical (unpaired) electrons. The average molecular weight is 256 g/mol. The molecule has 1 aliphatic heterocycles. The highest BCUT2D eigenvalue weighted by molar-refractivity contribution is 5.77. The van der Waals surface area contributed by atoms with Gasteiger partial charge in [0.15, 0.2) is 0 Å². The van der Waals surface area contributed by atoms with Gasteiger partial charge in [0.2, 0.25) is 5.91 Å². The first-order valence-electron chi connectivity index (χ1n) is 7.17. The zero-order valence-electron chi connectivity index (χ0n) is 11.7. The highest BCUT2D eigenvalue weighted by Gasteiger charge is 2.16. The fourth-order valence-electron chi connectivity index (χ4n) is 2.25. The molecule has 1 saturated heterocycles. The highest BCUT2D eigenvalue weighted by Crippen LogP contribution is 2.02. The molecule has 106 valence electrons. The molecule has 1 heterocycles. The standard InChI is InChI=1S/C13H28N4O/c1-2-3-6-15-13(18)12-17-8-4-7-16(9-5-14)10-11-17/h2-12,14H2,1H3,(H,15,18). The van der Waals surface area contributed by atoms with E-state index in [4.69, 9.17) is 5.73 Å². The van der Waals surface area contributed by atoms with Crippen LogP contribution in [0, 0.1) is 0 Å². The van der Waals surface area contributed by atoms with Crippen molar-refractivity contribution in [2.75, 3.05) is 52.4 Å². The SMILES string of the molecule is CCCCNC(=O)CN1CCCN(CCN)CC1. The predicted molar refractivity (Wildman–Crippen MR) is 74.5 cm³/mol. The first-order valence-corrected chi connectivity index (χ1v) is 7.17. The van der Waals surface area contributed by atoms with Gasteiger partial charge in [-0.25, -0.2) is 0 Å². The van der Waals surface area contributed by atoms with Gasteiger partial charge < -0.3 is 16.0 Å².